The second kappa shape index (κ2) is 7.06. The molecular weight excluding hydrogens is 284 g/mol. The van der Waals surface area contributed by atoms with E-state index in [2.05, 4.69) is 5.32 Å². The monoisotopic (exact) mass is 304 g/mol. The molecule has 1 aliphatic carbocycles. The minimum absolute atomic E-state index is 0.0786. The largest absolute Gasteiger partial charge is 0.452 e. The Balaban J connectivity index is 1.87. The van der Waals surface area contributed by atoms with Gasteiger partial charge in [0.2, 0.25) is 5.91 Å². The maximum absolute atomic E-state index is 12.0. The van der Waals surface area contributed by atoms with Gasteiger partial charge in [-0.25, -0.2) is 0 Å². The van der Waals surface area contributed by atoms with Gasteiger partial charge >= 0.3 is 5.97 Å². The molecule has 1 atom stereocenters. The topological polar surface area (TPSA) is 98.5 Å². The van der Waals surface area contributed by atoms with Crippen LogP contribution in [-0.2, 0) is 14.3 Å². The summed E-state index contributed by atoms with van der Waals surface area (Å²) < 4.78 is 5.21. The number of esters is 1. The van der Waals surface area contributed by atoms with Crippen LogP contribution in [0.4, 0.5) is 5.69 Å². The van der Waals surface area contributed by atoms with E-state index in [1.54, 1.807) is 19.1 Å². The number of rotatable bonds is 5. The molecule has 2 amide bonds. The summed E-state index contributed by atoms with van der Waals surface area (Å²) in [6.45, 7) is 1.54. The van der Waals surface area contributed by atoms with Crippen molar-refractivity contribution >= 4 is 23.5 Å². The molecule has 118 valence electrons. The Kier molecular flexibility index (Phi) is 5.14. The van der Waals surface area contributed by atoms with E-state index in [0.717, 1.165) is 25.7 Å². The van der Waals surface area contributed by atoms with Crippen LogP contribution in [-0.4, -0.2) is 23.9 Å². The van der Waals surface area contributed by atoms with E-state index in [9.17, 15) is 14.4 Å². The maximum Gasteiger partial charge on any atom is 0.309 e. The fourth-order valence-corrected chi connectivity index (χ4v) is 2.45. The highest BCUT2D eigenvalue weighted by Gasteiger charge is 2.27. The van der Waals surface area contributed by atoms with Gasteiger partial charge in [-0.05, 0) is 44.0 Å². The lowest BCUT2D eigenvalue weighted by Crippen LogP contribution is -2.31. The van der Waals surface area contributed by atoms with Gasteiger partial charge in [-0.3, -0.25) is 14.4 Å². The molecule has 6 nitrogen and oxygen atoms in total. The third-order valence-electron chi connectivity index (χ3n) is 3.79. The van der Waals surface area contributed by atoms with Crippen LogP contribution in [0.3, 0.4) is 0 Å². The van der Waals surface area contributed by atoms with Gasteiger partial charge in [0.25, 0.3) is 5.91 Å². The van der Waals surface area contributed by atoms with Gasteiger partial charge < -0.3 is 15.8 Å². The predicted molar refractivity (Wildman–Crippen MR) is 81.1 cm³/mol. The molecule has 0 saturated heterocycles. The van der Waals surface area contributed by atoms with Crippen LogP contribution >= 0.6 is 0 Å². The molecule has 0 spiro atoms. The van der Waals surface area contributed by atoms with Crippen LogP contribution < -0.4 is 11.1 Å². The first-order chi connectivity index (χ1) is 10.5. The SMILES string of the molecule is C[C@@H](OC(=O)C1CCCC1)C(=O)Nc1ccc(C(N)=O)cc1. The van der Waals surface area contributed by atoms with E-state index >= 15 is 0 Å². The highest BCUT2D eigenvalue weighted by atomic mass is 16.5. The number of carbonyl (C=O) groups excluding carboxylic acids is 3. The van der Waals surface area contributed by atoms with Gasteiger partial charge in [0.1, 0.15) is 0 Å². The fourth-order valence-electron chi connectivity index (χ4n) is 2.45. The summed E-state index contributed by atoms with van der Waals surface area (Å²) in [6, 6.07) is 6.19. The number of carbonyl (C=O) groups is 3. The molecule has 1 saturated carbocycles. The Morgan fingerprint density at radius 2 is 1.77 bits per heavy atom. The number of benzene rings is 1. The molecular formula is C16H20N2O4. The van der Waals surface area contributed by atoms with Crippen molar-refractivity contribution in [2.24, 2.45) is 11.7 Å². The minimum Gasteiger partial charge on any atom is -0.452 e. The van der Waals surface area contributed by atoms with Gasteiger partial charge in [-0.15, -0.1) is 0 Å². The Hall–Kier alpha value is -2.37. The minimum atomic E-state index is -0.857. The molecule has 0 aromatic heterocycles. The molecule has 22 heavy (non-hydrogen) atoms. The lowest BCUT2D eigenvalue weighted by Gasteiger charge is -2.16. The Bertz CT molecular complexity index is 562. The molecule has 0 unspecified atom stereocenters. The van der Waals surface area contributed by atoms with Crippen LogP contribution in [0.2, 0.25) is 0 Å². The number of nitrogens with two attached hydrogens (primary N) is 1. The maximum atomic E-state index is 12.0. The number of ether oxygens (including phenoxy) is 1. The zero-order valence-electron chi connectivity index (χ0n) is 12.5. The van der Waals surface area contributed by atoms with Crippen molar-refractivity contribution in [2.75, 3.05) is 5.32 Å². The Morgan fingerprint density at radius 1 is 1.18 bits per heavy atom. The van der Waals surface area contributed by atoms with Gasteiger partial charge in [0, 0.05) is 11.3 Å². The summed E-state index contributed by atoms with van der Waals surface area (Å²) in [7, 11) is 0. The summed E-state index contributed by atoms with van der Waals surface area (Å²) in [5.41, 5.74) is 6.02. The first-order valence-electron chi connectivity index (χ1n) is 7.38. The Labute approximate surface area is 129 Å². The van der Waals surface area contributed by atoms with Crippen LogP contribution in [0.25, 0.3) is 0 Å². The first-order valence-corrected chi connectivity index (χ1v) is 7.38. The van der Waals surface area contributed by atoms with Crippen LogP contribution in [0.1, 0.15) is 43.0 Å². The van der Waals surface area contributed by atoms with Gasteiger partial charge in [-0.2, -0.15) is 0 Å². The number of nitrogens with one attached hydrogen (secondary N) is 1. The van der Waals surface area contributed by atoms with Crippen LogP contribution in [0.15, 0.2) is 24.3 Å². The molecule has 1 aromatic carbocycles. The lowest BCUT2D eigenvalue weighted by atomic mass is 10.1. The number of primary amides is 1. The molecule has 0 heterocycles. The number of amides is 2. The second-order valence-corrected chi connectivity index (χ2v) is 5.49. The quantitative estimate of drug-likeness (QED) is 0.811. The molecule has 0 radical (unpaired) electrons. The predicted octanol–water partition coefficient (Wildman–Crippen LogP) is 1.85. The van der Waals surface area contributed by atoms with Crippen molar-refractivity contribution in [3.63, 3.8) is 0 Å². The summed E-state index contributed by atoms with van der Waals surface area (Å²) >= 11 is 0. The average molecular weight is 304 g/mol. The van der Waals surface area contributed by atoms with Crippen molar-refractivity contribution in [1.82, 2.24) is 0 Å². The molecule has 3 N–H and O–H groups in total. The molecule has 2 rings (SSSR count). The van der Waals surface area contributed by atoms with Crippen molar-refractivity contribution in [3.8, 4) is 0 Å². The smallest absolute Gasteiger partial charge is 0.309 e. The normalized spacial score (nSPS) is 16.0. The van der Waals surface area contributed by atoms with E-state index in [-0.39, 0.29) is 11.9 Å². The molecule has 6 heteroatoms. The number of hydrogen-bond donors (Lipinski definition) is 2. The first kappa shape index (κ1) is 16.0. The summed E-state index contributed by atoms with van der Waals surface area (Å²) in [6.07, 6.45) is 2.88. The molecule has 1 aromatic rings. The number of anilines is 1. The van der Waals surface area contributed by atoms with Crippen molar-refractivity contribution < 1.29 is 19.1 Å². The standard InChI is InChI=1S/C16H20N2O4/c1-10(22-16(21)12-4-2-3-5-12)15(20)18-13-8-6-11(7-9-13)14(17)19/h6-10,12H,2-5H2,1H3,(H2,17,19)(H,18,20)/t10-/m1/s1. The van der Waals surface area contributed by atoms with E-state index < -0.39 is 17.9 Å². The van der Waals surface area contributed by atoms with E-state index in [1.807, 2.05) is 0 Å². The zero-order valence-corrected chi connectivity index (χ0v) is 12.5. The lowest BCUT2D eigenvalue weighted by molar-refractivity contribution is -0.157. The third kappa shape index (κ3) is 4.07. The zero-order chi connectivity index (χ0) is 16.1. The number of hydrogen-bond acceptors (Lipinski definition) is 4. The van der Waals surface area contributed by atoms with Crippen molar-refractivity contribution in [2.45, 2.75) is 38.7 Å². The third-order valence-corrected chi connectivity index (χ3v) is 3.79. The summed E-state index contributed by atoms with van der Waals surface area (Å²) in [5, 5.41) is 2.64. The van der Waals surface area contributed by atoms with Gasteiger partial charge in [0.15, 0.2) is 6.10 Å². The molecule has 1 aliphatic rings. The molecule has 0 bridgehead atoms. The van der Waals surface area contributed by atoms with Crippen molar-refractivity contribution in [1.29, 1.82) is 0 Å². The van der Waals surface area contributed by atoms with Crippen LogP contribution in [0, 0.1) is 5.92 Å². The van der Waals surface area contributed by atoms with E-state index in [1.165, 1.54) is 12.1 Å². The molecule has 1 fully saturated rings. The Morgan fingerprint density at radius 3 is 2.32 bits per heavy atom. The van der Waals surface area contributed by atoms with Gasteiger partial charge in [-0.1, -0.05) is 12.8 Å². The fraction of sp³-hybridized carbons (Fsp3) is 0.438. The average Bonchev–Trinajstić information content (AvgIpc) is 3.02. The van der Waals surface area contributed by atoms with Crippen LogP contribution in [0.5, 0.6) is 0 Å². The molecule has 0 aliphatic heterocycles. The second-order valence-electron chi connectivity index (χ2n) is 5.49. The van der Waals surface area contributed by atoms with E-state index in [4.69, 9.17) is 10.5 Å². The summed E-state index contributed by atoms with van der Waals surface area (Å²) in [5.74, 6) is -1.32. The van der Waals surface area contributed by atoms with Gasteiger partial charge in [0.05, 0.1) is 5.92 Å². The highest BCUT2D eigenvalue weighted by Crippen LogP contribution is 2.26. The highest BCUT2D eigenvalue weighted by molar-refractivity contribution is 5.96. The van der Waals surface area contributed by atoms with Crippen molar-refractivity contribution in [3.05, 3.63) is 29.8 Å². The summed E-state index contributed by atoms with van der Waals surface area (Å²) in [4.78, 5) is 34.8. The van der Waals surface area contributed by atoms with E-state index in [0.29, 0.717) is 11.3 Å².